The minimum Gasteiger partial charge on any atom is -0.319 e. The van der Waals surface area contributed by atoms with E-state index in [1.165, 1.54) is 35.7 Å². The molecule has 0 aliphatic rings. The fourth-order valence-electron chi connectivity index (χ4n) is 2.38. The lowest BCUT2D eigenvalue weighted by molar-refractivity contribution is 0.417. The van der Waals surface area contributed by atoms with Crippen LogP contribution in [0.1, 0.15) is 38.7 Å². The van der Waals surface area contributed by atoms with Crippen molar-refractivity contribution in [2.24, 2.45) is 11.8 Å². The molecule has 0 saturated carbocycles. The van der Waals surface area contributed by atoms with E-state index in [4.69, 9.17) is 0 Å². The monoisotopic (exact) mass is 311 g/mol. The molecule has 1 N–H and O–H groups in total. The predicted molar refractivity (Wildman–Crippen MR) is 84.0 cm³/mol. The van der Waals surface area contributed by atoms with E-state index in [1.807, 2.05) is 0 Å². The van der Waals surface area contributed by atoms with Crippen LogP contribution in [0.4, 0.5) is 0 Å². The first-order chi connectivity index (χ1) is 8.61. The second kappa shape index (κ2) is 8.71. The Hall–Kier alpha value is -0.340. The van der Waals surface area contributed by atoms with Gasteiger partial charge >= 0.3 is 0 Å². The van der Waals surface area contributed by atoms with Gasteiger partial charge in [-0.1, -0.05) is 54.8 Å². The van der Waals surface area contributed by atoms with Gasteiger partial charge in [-0.3, -0.25) is 0 Å². The SMILES string of the molecule is CNCC(CCCC(C)C)Cc1cccc(Br)c1. The summed E-state index contributed by atoms with van der Waals surface area (Å²) in [5.74, 6) is 1.58. The smallest absolute Gasteiger partial charge is 0.0177 e. The number of rotatable bonds is 8. The quantitative estimate of drug-likeness (QED) is 0.736. The molecule has 0 radical (unpaired) electrons. The minimum atomic E-state index is 0.753. The molecule has 102 valence electrons. The van der Waals surface area contributed by atoms with Crippen molar-refractivity contribution in [3.05, 3.63) is 34.3 Å². The van der Waals surface area contributed by atoms with Crippen molar-refractivity contribution < 1.29 is 0 Å². The van der Waals surface area contributed by atoms with Gasteiger partial charge < -0.3 is 5.32 Å². The molecule has 2 heteroatoms. The number of halogens is 1. The lowest BCUT2D eigenvalue weighted by atomic mass is 9.92. The molecule has 0 saturated heterocycles. The van der Waals surface area contributed by atoms with Crippen molar-refractivity contribution in [1.82, 2.24) is 5.32 Å². The molecular formula is C16H26BrN. The normalized spacial score (nSPS) is 12.9. The molecule has 1 aromatic rings. The van der Waals surface area contributed by atoms with Crippen LogP contribution in [0, 0.1) is 11.8 Å². The number of benzene rings is 1. The maximum atomic E-state index is 3.55. The summed E-state index contributed by atoms with van der Waals surface area (Å²) in [4.78, 5) is 0. The van der Waals surface area contributed by atoms with Crippen LogP contribution in [-0.4, -0.2) is 13.6 Å². The van der Waals surface area contributed by atoms with E-state index in [9.17, 15) is 0 Å². The highest BCUT2D eigenvalue weighted by atomic mass is 79.9. The Morgan fingerprint density at radius 3 is 2.61 bits per heavy atom. The predicted octanol–water partition coefficient (Wildman–Crippen LogP) is 4.65. The Kier molecular flexibility index (Phi) is 7.60. The van der Waals surface area contributed by atoms with E-state index in [0.29, 0.717) is 0 Å². The third-order valence-electron chi connectivity index (χ3n) is 3.30. The number of hydrogen-bond donors (Lipinski definition) is 1. The average molecular weight is 312 g/mol. The molecular weight excluding hydrogens is 286 g/mol. The Bertz CT molecular complexity index is 336. The lowest BCUT2D eigenvalue weighted by Gasteiger charge is -2.17. The molecule has 0 aromatic heterocycles. The van der Waals surface area contributed by atoms with Crippen molar-refractivity contribution in [2.75, 3.05) is 13.6 Å². The minimum absolute atomic E-state index is 0.753. The Balaban J connectivity index is 2.46. The van der Waals surface area contributed by atoms with Crippen molar-refractivity contribution in [3.63, 3.8) is 0 Å². The maximum absolute atomic E-state index is 3.55. The highest BCUT2D eigenvalue weighted by Gasteiger charge is 2.09. The molecule has 0 aliphatic heterocycles. The first-order valence-electron chi connectivity index (χ1n) is 7.01. The standard InChI is InChI=1S/C16H26BrN/c1-13(2)6-4-8-15(12-18-3)10-14-7-5-9-16(17)11-14/h5,7,9,11,13,15,18H,4,6,8,10,12H2,1-3H3. The van der Waals surface area contributed by atoms with Crippen LogP contribution in [0.5, 0.6) is 0 Å². The molecule has 0 heterocycles. The highest BCUT2D eigenvalue weighted by molar-refractivity contribution is 9.10. The van der Waals surface area contributed by atoms with E-state index in [-0.39, 0.29) is 0 Å². The fourth-order valence-corrected chi connectivity index (χ4v) is 2.82. The van der Waals surface area contributed by atoms with Gasteiger partial charge in [-0.15, -0.1) is 0 Å². The third-order valence-corrected chi connectivity index (χ3v) is 3.79. The average Bonchev–Trinajstić information content (AvgIpc) is 2.28. The van der Waals surface area contributed by atoms with Gasteiger partial charge in [0, 0.05) is 4.47 Å². The summed E-state index contributed by atoms with van der Waals surface area (Å²) in [5, 5.41) is 3.33. The van der Waals surface area contributed by atoms with Gasteiger partial charge in [0.05, 0.1) is 0 Å². The van der Waals surface area contributed by atoms with Gasteiger partial charge in [-0.05, 0) is 56.0 Å². The zero-order chi connectivity index (χ0) is 13.4. The summed E-state index contributed by atoms with van der Waals surface area (Å²) >= 11 is 3.55. The van der Waals surface area contributed by atoms with E-state index in [1.54, 1.807) is 0 Å². The van der Waals surface area contributed by atoms with E-state index in [0.717, 1.165) is 18.4 Å². The summed E-state index contributed by atoms with van der Waals surface area (Å²) in [6.07, 6.45) is 5.20. The summed E-state index contributed by atoms with van der Waals surface area (Å²) in [7, 11) is 2.05. The molecule has 0 fully saturated rings. The van der Waals surface area contributed by atoms with Crippen LogP contribution in [0.2, 0.25) is 0 Å². The van der Waals surface area contributed by atoms with Crippen LogP contribution < -0.4 is 5.32 Å². The van der Waals surface area contributed by atoms with Gasteiger partial charge in [-0.2, -0.15) is 0 Å². The highest BCUT2D eigenvalue weighted by Crippen LogP contribution is 2.19. The first kappa shape index (κ1) is 15.7. The molecule has 1 aromatic carbocycles. The van der Waals surface area contributed by atoms with Crippen LogP contribution in [0.3, 0.4) is 0 Å². The maximum Gasteiger partial charge on any atom is 0.0177 e. The zero-order valence-corrected chi connectivity index (χ0v) is 13.5. The molecule has 0 bridgehead atoms. The van der Waals surface area contributed by atoms with E-state index >= 15 is 0 Å². The van der Waals surface area contributed by atoms with Crippen molar-refractivity contribution in [2.45, 2.75) is 39.5 Å². The van der Waals surface area contributed by atoms with Crippen LogP contribution in [0.15, 0.2) is 28.7 Å². The molecule has 18 heavy (non-hydrogen) atoms. The number of hydrogen-bond acceptors (Lipinski definition) is 1. The van der Waals surface area contributed by atoms with E-state index in [2.05, 4.69) is 66.4 Å². The fraction of sp³-hybridized carbons (Fsp3) is 0.625. The van der Waals surface area contributed by atoms with Crippen LogP contribution in [0.25, 0.3) is 0 Å². The van der Waals surface area contributed by atoms with Gasteiger partial charge in [-0.25, -0.2) is 0 Å². The van der Waals surface area contributed by atoms with Crippen LogP contribution in [-0.2, 0) is 6.42 Å². The van der Waals surface area contributed by atoms with E-state index < -0.39 is 0 Å². The van der Waals surface area contributed by atoms with Gasteiger partial charge in [0.15, 0.2) is 0 Å². The second-order valence-electron chi connectivity index (χ2n) is 5.58. The zero-order valence-electron chi connectivity index (χ0n) is 11.9. The van der Waals surface area contributed by atoms with Crippen molar-refractivity contribution in [3.8, 4) is 0 Å². The molecule has 1 unspecified atom stereocenters. The lowest BCUT2D eigenvalue weighted by Crippen LogP contribution is -2.21. The second-order valence-corrected chi connectivity index (χ2v) is 6.50. The molecule has 0 spiro atoms. The Labute approximate surface area is 120 Å². The topological polar surface area (TPSA) is 12.0 Å². The largest absolute Gasteiger partial charge is 0.319 e. The van der Waals surface area contributed by atoms with Crippen LogP contribution >= 0.6 is 15.9 Å². The number of nitrogens with one attached hydrogen (secondary N) is 1. The first-order valence-corrected chi connectivity index (χ1v) is 7.80. The Morgan fingerprint density at radius 1 is 1.22 bits per heavy atom. The summed E-state index contributed by atoms with van der Waals surface area (Å²) in [6.45, 7) is 5.73. The van der Waals surface area contributed by atoms with Gasteiger partial charge in [0.2, 0.25) is 0 Å². The Morgan fingerprint density at radius 2 is 2.00 bits per heavy atom. The summed E-state index contributed by atoms with van der Waals surface area (Å²) in [5.41, 5.74) is 1.44. The molecule has 0 amide bonds. The van der Waals surface area contributed by atoms with Crippen molar-refractivity contribution >= 4 is 15.9 Å². The van der Waals surface area contributed by atoms with Gasteiger partial charge in [0.25, 0.3) is 0 Å². The van der Waals surface area contributed by atoms with Gasteiger partial charge in [0.1, 0.15) is 0 Å². The molecule has 1 nitrogen and oxygen atoms in total. The molecule has 1 rings (SSSR count). The summed E-state index contributed by atoms with van der Waals surface area (Å²) < 4.78 is 1.19. The van der Waals surface area contributed by atoms with Crippen molar-refractivity contribution in [1.29, 1.82) is 0 Å². The third kappa shape index (κ3) is 6.55. The molecule has 0 aliphatic carbocycles. The molecule has 1 atom stereocenters. The summed E-state index contributed by atoms with van der Waals surface area (Å²) in [6, 6.07) is 8.69.